The molecular formula is C17H14BrNO2. The Kier molecular flexibility index (Phi) is 3.88. The molecule has 1 aliphatic heterocycles. The number of hydrogen-bond acceptors (Lipinski definition) is 3. The Labute approximate surface area is 131 Å². The molecule has 21 heavy (non-hydrogen) atoms. The van der Waals surface area contributed by atoms with Crippen LogP contribution >= 0.6 is 15.9 Å². The van der Waals surface area contributed by atoms with E-state index in [0.717, 1.165) is 21.3 Å². The summed E-state index contributed by atoms with van der Waals surface area (Å²) in [6, 6.07) is 17.8. The standard InChI is InChI=1S/C17H14BrNO2/c1-11(20)17-15(12-5-3-2-4-6-12)16(19-21-17)13-7-9-14(18)10-8-13/h2-10,15,17H,1H3. The first-order valence-electron chi connectivity index (χ1n) is 6.72. The smallest absolute Gasteiger partial charge is 0.197 e. The summed E-state index contributed by atoms with van der Waals surface area (Å²) in [5, 5.41) is 4.18. The Morgan fingerprint density at radius 3 is 2.38 bits per heavy atom. The Balaban J connectivity index is 2.03. The van der Waals surface area contributed by atoms with Crippen molar-refractivity contribution >= 4 is 27.4 Å². The molecule has 0 aromatic heterocycles. The zero-order valence-corrected chi connectivity index (χ0v) is 13.1. The molecule has 2 aromatic rings. The fourth-order valence-electron chi connectivity index (χ4n) is 2.53. The molecule has 2 unspecified atom stereocenters. The van der Waals surface area contributed by atoms with Crippen molar-refractivity contribution in [1.82, 2.24) is 0 Å². The minimum atomic E-state index is -0.550. The molecule has 1 aliphatic rings. The van der Waals surface area contributed by atoms with Crippen LogP contribution < -0.4 is 0 Å². The minimum Gasteiger partial charge on any atom is -0.383 e. The molecule has 106 valence electrons. The number of hydrogen-bond donors (Lipinski definition) is 0. The lowest BCUT2D eigenvalue weighted by atomic mass is 9.85. The summed E-state index contributed by atoms with van der Waals surface area (Å²) in [5.74, 6) is -0.176. The Bertz CT molecular complexity index is 680. The average molecular weight is 344 g/mol. The van der Waals surface area contributed by atoms with Gasteiger partial charge >= 0.3 is 0 Å². The summed E-state index contributed by atoms with van der Waals surface area (Å²) in [6.45, 7) is 1.54. The number of benzene rings is 2. The maximum Gasteiger partial charge on any atom is 0.197 e. The summed E-state index contributed by atoms with van der Waals surface area (Å²) in [5.41, 5.74) is 2.81. The highest BCUT2D eigenvalue weighted by atomic mass is 79.9. The van der Waals surface area contributed by atoms with Crippen LogP contribution in [-0.2, 0) is 9.63 Å². The predicted molar refractivity (Wildman–Crippen MR) is 85.4 cm³/mol. The molecule has 0 saturated heterocycles. The van der Waals surface area contributed by atoms with E-state index >= 15 is 0 Å². The van der Waals surface area contributed by atoms with Gasteiger partial charge in [-0.1, -0.05) is 63.6 Å². The number of carbonyl (C=O) groups is 1. The molecule has 0 N–H and O–H groups in total. The van der Waals surface area contributed by atoms with Gasteiger partial charge in [-0.3, -0.25) is 4.79 Å². The van der Waals surface area contributed by atoms with Gasteiger partial charge in [-0.25, -0.2) is 0 Å². The number of rotatable bonds is 3. The molecule has 0 bridgehead atoms. The molecule has 1 heterocycles. The van der Waals surface area contributed by atoms with E-state index in [2.05, 4.69) is 21.1 Å². The topological polar surface area (TPSA) is 38.7 Å². The molecule has 3 nitrogen and oxygen atoms in total. The first-order chi connectivity index (χ1) is 10.2. The van der Waals surface area contributed by atoms with Crippen LogP contribution in [0.1, 0.15) is 24.0 Å². The molecule has 0 saturated carbocycles. The zero-order chi connectivity index (χ0) is 14.8. The number of ketones is 1. The molecular weight excluding hydrogens is 330 g/mol. The Morgan fingerprint density at radius 2 is 1.76 bits per heavy atom. The Hall–Kier alpha value is -1.94. The minimum absolute atomic E-state index is 0.0142. The third-order valence-corrected chi connectivity index (χ3v) is 4.09. The molecule has 3 rings (SSSR count). The third kappa shape index (κ3) is 2.76. The predicted octanol–water partition coefficient (Wildman–Crippen LogP) is 3.92. The monoisotopic (exact) mass is 343 g/mol. The molecule has 0 spiro atoms. The van der Waals surface area contributed by atoms with Gasteiger partial charge in [-0.05, 0) is 24.6 Å². The Morgan fingerprint density at radius 1 is 1.10 bits per heavy atom. The second kappa shape index (κ2) is 5.82. The average Bonchev–Trinajstić information content (AvgIpc) is 2.94. The zero-order valence-electron chi connectivity index (χ0n) is 11.5. The van der Waals surface area contributed by atoms with Crippen molar-refractivity contribution in [3.05, 3.63) is 70.2 Å². The van der Waals surface area contributed by atoms with Crippen LogP contribution in [0.3, 0.4) is 0 Å². The van der Waals surface area contributed by atoms with Gasteiger partial charge in [0.15, 0.2) is 11.9 Å². The quantitative estimate of drug-likeness (QED) is 0.846. The summed E-state index contributed by atoms with van der Waals surface area (Å²) in [4.78, 5) is 17.3. The van der Waals surface area contributed by atoms with E-state index in [9.17, 15) is 4.79 Å². The van der Waals surface area contributed by atoms with Gasteiger partial charge in [-0.15, -0.1) is 0 Å². The molecule has 0 radical (unpaired) electrons. The SMILES string of the molecule is CC(=O)C1ON=C(c2ccc(Br)cc2)C1c1ccccc1. The maximum atomic E-state index is 11.9. The first-order valence-corrected chi connectivity index (χ1v) is 7.51. The summed E-state index contributed by atoms with van der Waals surface area (Å²) in [6.07, 6.45) is -0.550. The molecule has 4 heteroatoms. The van der Waals surface area contributed by atoms with E-state index in [0.29, 0.717) is 0 Å². The fraction of sp³-hybridized carbons (Fsp3) is 0.176. The van der Waals surface area contributed by atoms with Gasteiger partial charge in [0.25, 0.3) is 0 Å². The van der Waals surface area contributed by atoms with Crippen molar-refractivity contribution in [2.75, 3.05) is 0 Å². The van der Waals surface area contributed by atoms with Gasteiger partial charge < -0.3 is 4.84 Å². The van der Waals surface area contributed by atoms with E-state index in [1.807, 2.05) is 54.6 Å². The molecule has 2 atom stereocenters. The molecule has 0 amide bonds. The first kappa shape index (κ1) is 14.0. The van der Waals surface area contributed by atoms with E-state index < -0.39 is 6.10 Å². The normalized spacial score (nSPS) is 20.8. The number of carbonyl (C=O) groups excluding carboxylic acids is 1. The van der Waals surface area contributed by atoms with Crippen molar-refractivity contribution in [3.8, 4) is 0 Å². The van der Waals surface area contributed by atoms with Gasteiger partial charge in [0.2, 0.25) is 0 Å². The summed E-state index contributed by atoms with van der Waals surface area (Å²) < 4.78 is 1.00. The van der Waals surface area contributed by atoms with Gasteiger partial charge in [-0.2, -0.15) is 0 Å². The highest BCUT2D eigenvalue weighted by Gasteiger charge is 2.39. The molecule has 0 aliphatic carbocycles. The van der Waals surface area contributed by atoms with Crippen LogP contribution in [0.15, 0.2) is 64.2 Å². The van der Waals surface area contributed by atoms with Crippen molar-refractivity contribution in [2.45, 2.75) is 18.9 Å². The number of halogens is 1. The van der Waals surface area contributed by atoms with Crippen LogP contribution in [0.25, 0.3) is 0 Å². The third-order valence-electron chi connectivity index (χ3n) is 3.56. The maximum absolute atomic E-state index is 11.9. The lowest BCUT2D eigenvalue weighted by molar-refractivity contribution is -0.127. The van der Waals surface area contributed by atoms with E-state index in [-0.39, 0.29) is 11.7 Å². The van der Waals surface area contributed by atoms with Crippen LogP contribution in [0, 0.1) is 0 Å². The molecule has 2 aromatic carbocycles. The van der Waals surface area contributed by atoms with Crippen LogP contribution in [-0.4, -0.2) is 17.6 Å². The fourth-order valence-corrected chi connectivity index (χ4v) is 2.79. The van der Waals surface area contributed by atoms with Crippen molar-refractivity contribution in [3.63, 3.8) is 0 Å². The number of Topliss-reactive ketones (excluding diaryl/α,β-unsaturated/α-hetero) is 1. The second-order valence-electron chi connectivity index (χ2n) is 5.01. The number of oxime groups is 1. The lowest BCUT2D eigenvalue weighted by Gasteiger charge is -2.17. The van der Waals surface area contributed by atoms with Crippen molar-refractivity contribution < 1.29 is 9.63 Å². The highest BCUT2D eigenvalue weighted by molar-refractivity contribution is 9.10. The van der Waals surface area contributed by atoms with E-state index in [4.69, 9.17) is 4.84 Å². The van der Waals surface area contributed by atoms with E-state index in [1.54, 1.807) is 6.92 Å². The van der Waals surface area contributed by atoms with Crippen LogP contribution in [0.4, 0.5) is 0 Å². The van der Waals surface area contributed by atoms with Crippen LogP contribution in [0.5, 0.6) is 0 Å². The molecule has 0 fully saturated rings. The number of nitrogens with zero attached hydrogens (tertiary/aromatic N) is 1. The van der Waals surface area contributed by atoms with Gasteiger partial charge in [0.1, 0.15) is 0 Å². The van der Waals surface area contributed by atoms with E-state index in [1.165, 1.54) is 0 Å². The van der Waals surface area contributed by atoms with Gasteiger partial charge in [0.05, 0.1) is 11.6 Å². The van der Waals surface area contributed by atoms with Gasteiger partial charge in [0, 0.05) is 10.0 Å². The lowest BCUT2D eigenvalue weighted by Crippen LogP contribution is -2.28. The van der Waals surface area contributed by atoms with Crippen molar-refractivity contribution in [2.24, 2.45) is 5.16 Å². The van der Waals surface area contributed by atoms with Crippen LogP contribution in [0.2, 0.25) is 0 Å². The van der Waals surface area contributed by atoms with Crippen molar-refractivity contribution in [1.29, 1.82) is 0 Å². The second-order valence-corrected chi connectivity index (χ2v) is 5.92. The largest absolute Gasteiger partial charge is 0.383 e. The summed E-state index contributed by atoms with van der Waals surface area (Å²) in [7, 11) is 0. The summed E-state index contributed by atoms with van der Waals surface area (Å²) >= 11 is 3.42. The highest BCUT2D eigenvalue weighted by Crippen LogP contribution is 2.33.